The monoisotopic (exact) mass is 254 g/mol. The molecule has 1 heterocycles. The van der Waals surface area contributed by atoms with E-state index in [4.69, 9.17) is 0 Å². The van der Waals surface area contributed by atoms with Crippen LogP contribution in [0.4, 0.5) is 5.69 Å². The van der Waals surface area contributed by atoms with E-state index in [0.29, 0.717) is 0 Å². The highest BCUT2D eigenvalue weighted by Gasteiger charge is 2.06. The second-order valence-electron chi connectivity index (χ2n) is 4.85. The molecule has 1 aromatic heterocycles. The number of hydrogen-bond acceptors (Lipinski definition) is 2. The fourth-order valence-corrected chi connectivity index (χ4v) is 1.79. The van der Waals surface area contributed by atoms with Crippen LogP contribution >= 0.6 is 0 Å². The Kier molecular flexibility index (Phi) is 3.95. The minimum atomic E-state index is 1.10. The van der Waals surface area contributed by atoms with Crippen molar-refractivity contribution in [1.82, 2.24) is 0 Å². The lowest BCUT2D eigenvalue weighted by Crippen LogP contribution is -2.31. The summed E-state index contributed by atoms with van der Waals surface area (Å²) in [7, 11) is 4.07. The van der Waals surface area contributed by atoms with Gasteiger partial charge in [0.1, 0.15) is 6.21 Å². The average Bonchev–Trinajstić information content (AvgIpc) is 2.41. The summed E-state index contributed by atoms with van der Waals surface area (Å²) in [5.41, 5.74) is 4.68. The second kappa shape index (κ2) is 5.65. The zero-order chi connectivity index (χ0) is 13.8. The van der Waals surface area contributed by atoms with Crippen LogP contribution in [0.5, 0.6) is 0 Å². The van der Waals surface area contributed by atoms with Gasteiger partial charge in [0.25, 0.3) is 0 Å². The Bertz CT molecular complexity index is 583. The molecule has 3 nitrogen and oxygen atoms in total. The van der Waals surface area contributed by atoms with Gasteiger partial charge >= 0.3 is 0 Å². The van der Waals surface area contributed by atoms with Crippen molar-refractivity contribution in [3.63, 3.8) is 0 Å². The first-order valence-electron chi connectivity index (χ1n) is 6.37. The van der Waals surface area contributed by atoms with E-state index in [0.717, 1.165) is 11.3 Å². The number of nitrogens with zero attached hydrogens (tertiary/aromatic N) is 3. The third-order valence-electron chi connectivity index (χ3n) is 3.23. The molecular weight excluding hydrogens is 234 g/mol. The molecule has 0 amide bonds. The van der Waals surface area contributed by atoms with Gasteiger partial charge in [0.15, 0.2) is 0 Å². The number of pyridine rings is 1. The number of rotatable bonds is 3. The van der Waals surface area contributed by atoms with Gasteiger partial charge in [-0.1, -0.05) is 16.8 Å². The van der Waals surface area contributed by atoms with Crippen LogP contribution in [0.15, 0.2) is 47.7 Å². The van der Waals surface area contributed by atoms with Crippen molar-refractivity contribution in [2.45, 2.75) is 13.8 Å². The first-order chi connectivity index (χ1) is 9.08. The third kappa shape index (κ3) is 3.19. The highest BCUT2D eigenvalue weighted by Crippen LogP contribution is 2.10. The summed E-state index contributed by atoms with van der Waals surface area (Å²) in [5.74, 6) is 0. The van der Waals surface area contributed by atoms with E-state index < -0.39 is 0 Å². The summed E-state index contributed by atoms with van der Waals surface area (Å²) in [4.78, 5) is 2.08. The van der Waals surface area contributed by atoms with Crippen molar-refractivity contribution < 1.29 is 4.68 Å². The lowest BCUT2D eigenvalue weighted by Gasteiger charge is -2.11. The van der Waals surface area contributed by atoms with Crippen LogP contribution in [-0.2, 0) is 0 Å². The first kappa shape index (κ1) is 13.3. The predicted octanol–water partition coefficient (Wildman–Crippen LogP) is 2.54. The molecule has 0 aliphatic carbocycles. The van der Waals surface area contributed by atoms with E-state index in [2.05, 4.69) is 54.2 Å². The van der Waals surface area contributed by atoms with Crippen LogP contribution in [-0.4, -0.2) is 20.3 Å². The van der Waals surface area contributed by atoms with Gasteiger partial charge in [0.05, 0.1) is 0 Å². The summed E-state index contributed by atoms with van der Waals surface area (Å²) in [5, 5.41) is 4.49. The van der Waals surface area contributed by atoms with Gasteiger partial charge in [0, 0.05) is 38.3 Å². The van der Waals surface area contributed by atoms with Crippen LogP contribution in [0, 0.1) is 13.8 Å². The highest BCUT2D eigenvalue weighted by atomic mass is 15.3. The quantitative estimate of drug-likeness (QED) is 0.608. The molecule has 0 radical (unpaired) electrons. The molecule has 2 aromatic rings. The van der Waals surface area contributed by atoms with Gasteiger partial charge in [-0.15, -0.1) is 0 Å². The largest absolute Gasteiger partial charge is 0.378 e. The van der Waals surface area contributed by atoms with Crippen molar-refractivity contribution in [3.8, 4) is 0 Å². The van der Waals surface area contributed by atoms with Gasteiger partial charge in [-0.05, 0) is 35.8 Å². The molecule has 0 saturated heterocycles. The van der Waals surface area contributed by atoms with Gasteiger partial charge < -0.3 is 4.90 Å². The van der Waals surface area contributed by atoms with Gasteiger partial charge in [0.2, 0.25) is 11.9 Å². The first-order valence-corrected chi connectivity index (χ1v) is 6.37. The van der Waals surface area contributed by atoms with Crippen molar-refractivity contribution in [3.05, 3.63) is 59.4 Å². The standard InChI is InChI=1S/C16H20N3/c1-13-6-5-11-19(14(13)2)17-12-15-7-9-16(10-8-15)18(3)4/h5-12H,1-4H3/q+1/b17-12+. The maximum absolute atomic E-state index is 4.49. The molecule has 0 saturated carbocycles. The normalized spacial score (nSPS) is 10.9. The zero-order valence-electron chi connectivity index (χ0n) is 12.0. The summed E-state index contributed by atoms with van der Waals surface area (Å²) in [6.45, 7) is 4.16. The Morgan fingerprint density at radius 3 is 2.37 bits per heavy atom. The average molecular weight is 254 g/mol. The molecule has 0 unspecified atom stereocenters. The maximum atomic E-state index is 4.49. The van der Waals surface area contributed by atoms with Crippen molar-refractivity contribution in [2.75, 3.05) is 19.0 Å². The van der Waals surface area contributed by atoms with E-state index in [1.807, 2.05) is 37.2 Å². The minimum Gasteiger partial charge on any atom is -0.378 e. The summed E-state index contributed by atoms with van der Waals surface area (Å²) in [6, 6.07) is 12.4. The second-order valence-corrected chi connectivity index (χ2v) is 4.85. The Labute approximate surface area is 114 Å². The van der Waals surface area contributed by atoms with Crippen molar-refractivity contribution >= 4 is 11.9 Å². The molecule has 0 aliphatic heterocycles. The molecule has 0 N–H and O–H groups in total. The van der Waals surface area contributed by atoms with Gasteiger partial charge in [-0.2, -0.15) is 0 Å². The smallest absolute Gasteiger partial charge is 0.214 e. The summed E-state index contributed by atoms with van der Waals surface area (Å²) in [6.07, 6.45) is 3.85. The fourth-order valence-electron chi connectivity index (χ4n) is 1.79. The Balaban J connectivity index is 2.20. The molecule has 0 fully saturated rings. The zero-order valence-corrected chi connectivity index (χ0v) is 12.0. The minimum absolute atomic E-state index is 1.10. The third-order valence-corrected chi connectivity index (χ3v) is 3.23. The van der Waals surface area contributed by atoms with Crippen molar-refractivity contribution in [2.24, 2.45) is 5.10 Å². The number of hydrogen-bond donors (Lipinski definition) is 0. The Morgan fingerprint density at radius 1 is 1.05 bits per heavy atom. The molecule has 0 atom stereocenters. The molecule has 1 aromatic carbocycles. The summed E-state index contributed by atoms with van der Waals surface area (Å²) < 4.78 is 1.90. The maximum Gasteiger partial charge on any atom is 0.214 e. The van der Waals surface area contributed by atoms with Crippen molar-refractivity contribution in [1.29, 1.82) is 0 Å². The molecule has 0 bridgehead atoms. The lowest BCUT2D eigenvalue weighted by molar-refractivity contribution is -0.684. The molecule has 0 spiro atoms. The molecule has 2 rings (SSSR count). The van der Waals surface area contributed by atoms with Crippen LogP contribution < -0.4 is 9.58 Å². The van der Waals surface area contributed by atoms with E-state index in [-0.39, 0.29) is 0 Å². The van der Waals surface area contributed by atoms with Gasteiger partial charge in [-0.25, -0.2) is 0 Å². The van der Waals surface area contributed by atoms with Crippen LogP contribution in [0.3, 0.4) is 0 Å². The van der Waals surface area contributed by atoms with Crippen LogP contribution in [0.25, 0.3) is 0 Å². The van der Waals surface area contributed by atoms with E-state index in [1.54, 1.807) is 0 Å². The van der Waals surface area contributed by atoms with E-state index in [1.165, 1.54) is 11.3 Å². The number of aryl methyl sites for hydroxylation is 1. The van der Waals surface area contributed by atoms with E-state index >= 15 is 0 Å². The molecule has 0 aliphatic rings. The number of benzene rings is 1. The fraction of sp³-hybridized carbons (Fsp3) is 0.250. The van der Waals surface area contributed by atoms with Gasteiger partial charge in [-0.3, -0.25) is 0 Å². The van der Waals surface area contributed by atoms with Crippen LogP contribution in [0.2, 0.25) is 0 Å². The molecule has 19 heavy (non-hydrogen) atoms. The number of anilines is 1. The Hall–Kier alpha value is -2.16. The highest BCUT2D eigenvalue weighted by molar-refractivity contribution is 5.79. The topological polar surface area (TPSA) is 19.5 Å². The SMILES string of the molecule is Cc1ccc[n+](/N=C/c2ccc(N(C)C)cc2)c1C. The molecule has 3 heteroatoms. The summed E-state index contributed by atoms with van der Waals surface area (Å²) >= 11 is 0. The van der Waals surface area contributed by atoms with Crippen LogP contribution in [0.1, 0.15) is 16.8 Å². The Morgan fingerprint density at radius 2 is 1.74 bits per heavy atom. The van der Waals surface area contributed by atoms with E-state index in [9.17, 15) is 0 Å². The number of aromatic nitrogens is 1. The predicted molar refractivity (Wildman–Crippen MR) is 79.9 cm³/mol. The molecular formula is C16H20N3+. The molecule has 98 valence electrons. The lowest BCUT2D eigenvalue weighted by atomic mass is 10.2.